The van der Waals surface area contributed by atoms with Gasteiger partial charge in [0.05, 0.1) is 24.7 Å². The van der Waals surface area contributed by atoms with E-state index >= 15 is 0 Å². The van der Waals surface area contributed by atoms with Gasteiger partial charge in [-0.15, -0.1) is 0 Å². The van der Waals surface area contributed by atoms with Crippen LogP contribution < -0.4 is 10.2 Å². The smallest absolute Gasteiger partial charge is 0.258 e. The van der Waals surface area contributed by atoms with Gasteiger partial charge in [0.2, 0.25) is 10.0 Å². The highest BCUT2D eigenvalue weighted by Crippen LogP contribution is 2.31. The van der Waals surface area contributed by atoms with Gasteiger partial charge in [-0.3, -0.25) is 19.8 Å². The van der Waals surface area contributed by atoms with Gasteiger partial charge >= 0.3 is 0 Å². The van der Waals surface area contributed by atoms with Crippen molar-refractivity contribution in [2.45, 2.75) is 11.1 Å². The monoisotopic (exact) mass is 578 g/mol. The fourth-order valence-electron chi connectivity index (χ4n) is 3.60. The molecule has 0 bridgehead atoms. The van der Waals surface area contributed by atoms with Crippen molar-refractivity contribution >= 4 is 27.5 Å². The number of ether oxygens (including phenoxy) is 2. The molecule has 11 nitrogen and oxygen atoms in total. The number of benzene rings is 2. The second-order valence-electron chi connectivity index (χ2n) is 8.52. The SMILES string of the molecule is CN(CCN(CC(=O)NO)S(=O)(=O)c1cc(F)c(Oc2ccc(Cl)cc2)c(F)c1)C(O)CN1CCOCC1. The van der Waals surface area contributed by atoms with Crippen molar-refractivity contribution in [1.82, 2.24) is 19.6 Å². The summed E-state index contributed by atoms with van der Waals surface area (Å²) in [4.78, 5) is 14.5. The molecule has 1 amide bonds. The van der Waals surface area contributed by atoms with Gasteiger partial charge < -0.3 is 14.6 Å². The number of halogens is 3. The van der Waals surface area contributed by atoms with E-state index in [1.807, 2.05) is 4.90 Å². The van der Waals surface area contributed by atoms with E-state index in [4.69, 9.17) is 26.3 Å². The number of nitrogens with zero attached hydrogens (tertiary/aromatic N) is 3. The molecule has 3 N–H and O–H groups in total. The molecule has 15 heteroatoms. The van der Waals surface area contributed by atoms with E-state index in [2.05, 4.69) is 0 Å². The standard InChI is InChI=1S/C23H29ClF2N4O7S/c1-28(22(32)15-29-8-10-36-11-9-29)6-7-30(14-21(31)27-33)38(34,35)18-12-19(25)23(20(26)13-18)37-17-4-2-16(24)3-5-17/h2-5,12-13,22,32-33H,6-11,14-15H2,1H3,(H,27,31). The Bertz CT molecular complexity index is 1180. The summed E-state index contributed by atoms with van der Waals surface area (Å²) >= 11 is 5.79. The molecule has 1 fully saturated rings. The number of amides is 1. The molecule has 38 heavy (non-hydrogen) atoms. The topological polar surface area (TPSA) is 132 Å². The molecule has 210 valence electrons. The predicted molar refractivity (Wildman–Crippen MR) is 132 cm³/mol. The summed E-state index contributed by atoms with van der Waals surface area (Å²) in [5.41, 5.74) is 1.34. The zero-order valence-corrected chi connectivity index (χ0v) is 22.1. The minimum Gasteiger partial charge on any atom is -0.451 e. The van der Waals surface area contributed by atoms with Crippen LogP contribution in [-0.4, -0.2) is 105 Å². The van der Waals surface area contributed by atoms with Crippen molar-refractivity contribution in [2.24, 2.45) is 0 Å². The summed E-state index contributed by atoms with van der Waals surface area (Å²) in [6.45, 7) is 1.43. The molecule has 1 aliphatic rings. The normalized spacial score (nSPS) is 15.6. The predicted octanol–water partition coefficient (Wildman–Crippen LogP) is 1.49. The van der Waals surface area contributed by atoms with Crippen LogP contribution in [0.2, 0.25) is 5.02 Å². The minimum absolute atomic E-state index is 0.0355. The summed E-state index contributed by atoms with van der Waals surface area (Å²) in [6, 6.07) is 6.81. The maximum absolute atomic E-state index is 14.8. The van der Waals surface area contributed by atoms with Gasteiger partial charge in [0.25, 0.3) is 5.91 Å². The lowest BCUT2D eigenvalue weighted by molar-refractivity contribution is -0.129. The van der Waals surface area contributed by atoms with Gasteiger partial charge in [-0.1, -0.05) is 11.6 Å². The van der Waals surface area contributed by atoms with Crippen LogP contribution >= 0.6 is 11.6 Å². The summed E-state index contributed by atoms with van der Waals surface area (Å²) in [5.74, 6) is -4.39. The Kier molecular flexibility index (Phi) is 10.8. The lowest BCUT2D eigenvalue weighted by atomic mass is 10.3. The fraction of sp³-hybridized carbons (Fsp3) is 0.435. The molecule has 0 aromatic heterocycles. The first-order chi connectivity index (χ1) is 18.0. The second kappa shape index (κ2) is 13.6. The van der Waals surface area contributed by atoms with Crippen LogP contribution in [0, 0.1) is 11.6 Å². The molecule has 0 aliphatic carbocycles. The molecule has 0 spiro atoms. The van der Waals surface area contributed by atoms with Crippen LogP contribution in [0.5, 0.6) is 11.5 Å². The molecule has 1 atom stereocenters. The molecule has 1 aliphatic heterocycles. The number of aliphatic hydroxyl groups is 1. The number of hydroxylamine groups is 1. The van der Waals surface area contributed by atoms with Crippen LogP contribution in [0.25, 0.3) is 0 Å². The average molecular weight is 579 g/mol. The van der Waals surface area contributed by atoms with Crippen molar-refractivity contribution in [3.05, 3.63) is 53.1 Å². The summed E-state index contributed by atoms with van der Waals surface area (Å²) < 4.78 is 67.2. The third-order valence-electron chi connectivity index (χ3n) is 5.82. The van der Waals surface area contributed by atoms with Crippen molar-refractivity contribution in [1.29, 1.82) is 0 Å². The van der Waals surface area contributed by atoms with Crippen LogP contribution in [0.15, 0.2) is 41.3 Å². The largest absolute Gasteiger partial charge is 0.451 e. The molecule has 2 aromatic rings. The summed E-state index contributed by atoms with van der Waals surface area (Å²) in [6.07, 6.45) is -0.955. The maximum atomic E-state index is 14.8. The van der Waals surface area contributed by atoms with Gasteiger partial charge in [-0.05, 0) is 43.4 Å². The van der Waals surface area contributed by atoms with Crippen LogP contribution in [0.3, 0.4) is 0 Å². The van der Waals surface area contributed by atoms with Crippen molar-refractivity contribution in [3.63, 3.8) is 0 Å². The number of nitrogens with one attached hydrogen (secondary N) is 1. The van der Waals surface area contributed by atoms with Gasteiger partial charge in [0.15, 0.2) is 17.4 Å². The maximum Gasteiger partial charge on any atom is 0.258 e. The van der Waals surface area contributed by atoms with Crippen molar-refractivity contribution in [2.75, 3.05) is 59.5 Å². The van der Waals surface area contributed by atoms with Gasteiger partial charge in [-0.2, -0.15) is 4.31 Å². The van der Waals surface area contributed by atoms with Crippen LogP contribution in [-0.2, 0) is 19.6 Å². The van der Waals surface area contributed by atoms with Gasteiger partial charge in [-0.25, -0.2) is 22.7 Å². The highest BCUT2D eigenvalue weighted by Gasteiger charge is 2.30. The van der Waals surface area contributed by atoms with Gasteiger partial charge in [0, 0.05) is 37.7 Å². The molecule has 1 unspecified atom stereocenters. The molecule has 1 heterocycles. The highest BCUT2D eigenvalue weighted by atomic mass is 35.5. The van der Waals surface area contributed by atoms with E-state index in [0.717, 1.165) is 0 Å². The third kappa shape index (κ3) is 8.04. The highest BCUT2D eigenvalue weighted by molar-refractivity contribution is 7.89. The number of likely N-dealkylation sites (N-methyl/N-ethyl adjacent to an activating group) is 1. The number of hydrogen-bond donors (Lipinski definition) is 3. The average Bonchev–Trinajstić information content (AvgIpc) is 2.89. The fourth-order valence-corrected chi connectivity index (χ4v) is 5.14. The number of hydrogen-bond acceptors (Lipinski definition) is 9. The van der Waals surface area contributed by atoms with E-state index < -0.39 is 51.0 Å². The first-order valence-corrected chi connectivity index (χ1v) is 13.4. The lowest BCUT2D eigenvalue weighted by Gasteiger charge is -2.33. The Labute approximate surface area is 224 Å². The molecular weight excluding hydrogens is 550 g/mol. The zero-order chi connectivity index (χ0) is 27.9. The number of β-amino-alcohol motifs (C(OH)–C–C–N with tert-alkyl or cyclic N) is 1. The first-order valence-electron chi connectivity index (χ1n) is 11.5. The van der Waals surface area contributed by atoms with Crippen molar-refractivity contribution < 1.29 is 41.8 Å². The number of aliphatic hydroxyl groups excluding tert-OH is 1. The Morgan fingerprint density at radius 1 is 1.18 bits per heavy atom. The lowest BCUT2D eigenvalue weighted by Crippen LogP contribution is -2.49. The molecule has 0 saturated carbocycles. The number of morpholine rings is 1. The molecule has 3 rings (SSSR count). The van der Waals surface area contributed by atoms with Gasteiger partial charge in [0.1, 0.15) is 12.0 Å². The number of carbonyl (C=O) groups excluding carboxylic acids is 1. The summed E-state index contributed by atoms with van der Waals surface area (Å²) in [5, 5.41) is 19.8. The minimum atomic E-state index is -4.62. The van der Waals surface area contributed by atoms with E-state index in [1.165, 1.54) is 34.6 Å². The number of sulfonamides is 1. The Balaban J connectivity index is 1.76. The Hall–Kier alpha value is -2.43. The number of rotatable bonds is 12. The second-order valence-corrected chi connectivity index (χ2v) is 10.9. The van der Waals surface area contributed by atoms with Crippen LogP contribution in [0.1, 0.15) is 0 Å². The quantitative estimate of drug-likeness (QED) is 0.195. The van der Waals surface area contributed by atoms with E-state index in [9.17, 15) is 27.1 Å². The Morgan fingerprint density at radius 2 is 1.79 bits per heavy atom. The van der Waals surface area contributed by atoms with E-state index in [1.54, 1.807) is 7.05 Å². The number of carbonyl (C=O) groups is 1. The molecule has 0 radical (unpaired) electrons. The van der Waals surface area contributed by atoms with E-state index in [-0.39, 0.29) is 25.4 Å². The van der Waals surface area contributed by atoms with Crippen molar-refractivity contribution in [3.8, 4) is 11.5 Å². The summed E-state index contributed by atoms with van der Waals surface area (Å²) in [7, 11) is -3.06. The molecular formula is C23H29ClF2N4O7S. The van der Waals surface area contributed by atoms with Crippen LogP contribution in [0.4, 0.5) is 8.78 Å². The molecule has 2 aromatic carbocycles. The molecule has 1 saturated heterocycles. The van der Waals surface area contributed by atoms with E-state index in [0.29, 0.717) is 47.8 Å². The first kappa shape index (κ1) is 30.1. The third-order valence-corrected chi connectivity index (χ3v) is 7.90. The Morgan fingerprint density at radius 3 is 2.37 bits per heavy atom. The zero-order valence-electron chi connectivity index (χ0n) is 20.5.